The molecule has 0 spiro atoms. The quantitative estimate of drug-likeness (QED) is 0.485. The van der Waals surface area contributed by atoms with E-state index in [0.29, 0.717) is 4.88 Å². The lowest BCUT2D eigenvalue weighted by molar-refractivity contribution is 0.0216. The number of nitrogens with zero attached hydrogens (tertiary/aromatic N) is 3. The fraction of sp³-hybridized carbons (Fsp3) is 0.632. The number of anilines is 1. The average Bonchev–Trinajstić information content (AvgIpc) is 2.96. The molecular formula is C19H26ClN3O2S. The van der Waals surface area contributed by atoms with Gasteiger partial charge in [0.15, 0.2) is 0 Å². The van der Waals surface area contributed by atoms with Crippen molar-refractivity contribution in [3.63, 3.8) is 0 Å². The van der Waals surface area contributed by atoms with Crippen molar-refractivity contribution in [3.05, 3.63) is 15.7 Å². The van der Waals surface area contributed by atoms with Crippen molar-refractivity contribution in [2.75, 3.05) is 18.5 Å². The SMILES string of the molecule is CCCCN(C)c1nc(Cl)nc2sc(C(=O)OC3CCCCC3)c(C)c12. The first-order chi connectivity index (χ1) is 12.5. The molecule has 0 N–H and O–H groups in total. The molecule has 0 radical (unpaired) electrons. The Kier molecular flexibility index (Phi) is 6.35. The van der Waals surface area contributed by atoms with Crippen LogP contribution in [0.1, 0.15) is 67.1 Å². The summed E-state index contributed by atoms with van der Waals surface area (Å²) in [5.74, 6) is 0.551. The van der Waals surface area contributed by atoms with Gasteiger partial charge < -0.3 is 9.64 Å². The highest BCUT2D eigenvalue weighted by Crippen LogP contribution is 2.37. The minimum atomic E-state index is -0.240. The van der Waals surface area contributed by atoms with Gasteiger partial charge in [0.1, 0.15) is 21.6 Å². The van der Waals surface area contributed by atoms with Crippen LogP contribution in [0.5, 0.6) is 0 Å². The molecule has 1 aliphatic carbocycles. The minimum absolute atomic E-state index is 0.0437. The summed E-state index contributed by atoms with van der Waals surface area (Å²) in [5.41, 5.74) is 0.890. The summed E-state index contributed by atoms with van der Waals surface area (Å²) in [5, 5.41) is 1.12. The number of aryl methyl sites for hydroxylation is 1. The molecule has 26 heavy (non-hydrogen) atoms. The highest BCUT2D eigenvalue weighted by Gasteiger charge is 2.25. The molecule has 2 aromatic rings. The van der Waals surface area contributed by atoms with E-state index in [4.69, 9.17) is 16.3 Å². The fourth-order valence-corrected chi connectivity index (χ4v) is 4.73. The molecule has 142 valence electrons. The van der Waals surface area contributed by atoms with Gasteiger partial charge in [-0.05, 0) is 56.2 Å². The second-order valence-electron chi connectivity index (χ2n) is 6.99. The number of thiophene rings is 1. The molecule has 7 heteroatoms. The second kappa shape index (κ2) is 8.53. The van der Waals surface area contributed by atoms with Crippen molar-refractivity contribution < 1.29 is 9.53 Å². The van der Waals surface area contributed by atoms with Crippen LogP contribution >= 0.6 is 22.9 Å². The summed E-state index contributed by atoms with van der Waals surface area (Å²) >= 11 is 7.49. The fourth-order valence-electron chi connectivity index (χ4n) is 3.45. The van der Waals surface area contributed by atoms with E-state index in [1.165, 1.54) is 17.8 Å². The first-order valence-electron chi connectivity index (χ1n) is 9.40. The smallest absolute Gasteiger partial charge is 0.348 e. The normalized spacial score (nSPS) is 15.4. The summed E-state index contributed by atoms with van der Waals surface area (Å²) in [6, 6.07) is 0. The molecular weight excluding hydrogens is 370 g/mol. The molecule has 5 nitrogen and oxygen atoms in total. The van der Waals surface area contributed by atoms with Crippen molar-refractivity contribution in [2.24, 2.45) is 0 Å². The Balaban J connectivity index is 1.92. The van der Waals surface area contributed by atoms with Crippen LogP contribution in [0.25, 0.3) is 10.2 Å². The number of esters is 1. The van der Waals surface area contributed by atoms with Crippen LogP contribution in [0, 0.1) is 6.92 Å². The number of carbonyl (C=O) groups excluding carboxylic acids is 1. The Morgan fingerprint density at radius 1 is 1.31 bits per heavy atom. The number of hydrogen-bond donors (Lipinski definition) is 0. The molecule has 0 atom stereocenters. The Labute approximate surface area is 163 Å². The van der Waals surface area contributed by atoms with Crippen LogP contribution < -0.4 is 4.90 Å². The zero-order chi connectivity index (χ0) is 18.7. The Morgan fingerprint density at radius 2 is 2.04 bits per heavy atom. The van der Waals surface area contributed by atoms with Gasteiger partial charge in [-0.15, -0.1) is 11.3 Å². The van der Waals surface area contributed by atoms with Crippen molar-refractivity contribution in [2.45, 2.75) is 64.9 Å². The number of rotatable bonds is 6. The van der Waals surface area contributed by atoms with Gasteiger partial charge in [0.05, 0.1) is 5.39 Å². The molecule has 0 unspecified atom stereocenters. The van der Waals surface area contributed by atoms with Crippen LogP contribution in [0.2, 0.25) is 5.28 Å². The molecule has 0 amide bonds. The zero-order valence-corrected chi connectivity index (χ0v) is 17.3. The molecule has 1 aliphatic rings. The van der Waals surface area contributed by atoms with E-state index in [0.717, 1.165) is 66.7 Å². The summed E-state index contributed by atoms with van der Waals surface area (Å²) in [7, 11) is 2.00. The number of ether oxygens (including phenoxy) is 1. The van der Waals surface area contributed by atoms with Crippen LogP contribution in [-0.2, 0) is 4.74 Å². The predicted octanol–water partition coefficient (Wildman–Crippen LogP) is 5.38. The minimum Gasteiger partial charge on any atom is -0.458 e. The Morgan fingerprint density at radius 3 is 2.73 bits per heavy atom. The second-order valence-corrected chi connectivity index (χ2v) is 8.33. The molecule has 0 aromatic carbocycles. The van der Waals surface area contributed by atoms with E-state index in [1.54, 1.807) is 0 Å². The lowest BCUT2D eigenvalue weighted by Gasteiger charge is -2.21. The van der Waals surface area contributed by atoms with Crippen molar-refractivity contribution in [3.8, 4) is 0 Å². The standard InChI is InChI=1S/C19H26ClN3O2S/c1-4-5-11-23(3)16-14-12(2)15(26-17(14)22-19(20)21-16)18(24)25-13-9-7-6-8-10-13/h13H,4-11H2,1-3H3. The molecule has 0 aliphatic heterocycles. The van der Waals surface area contributed by atoms with Gasteiger partial charge in [0, 0.05) is 13.6 Å². The van der Waals surface area contributed by atoms with Crippen molar-refractivity contribution in [1.29, 1.82) is 0 Å². The van der Waals surface area contributed by atoms with E-state index in [2.05, 4.69) is 21.8 Å². The summed E-state index contributed by atoms with van der Waals surface area (Å²) < 4.78 is 5.76. The van der Waals surface area contributed by atoms with Gasteiger partial charge in [-0.3, -0.25) is 0 Å². The number of halogens is 1. The molecule has 2 aromatic heterocycles. The van der Waals surface area contributed by atoms with Crippen molar-refractivity contribution >= 4 is 44.9 Å². The number of aromatic nitrogens is 2. The van der Waals surface area contributed by atoms with Crippen LogP contribution in [-0.4, -0.2) is 35.6 Å². The van der Waals surface area contributed by atoms with E-state index in [-0.39, 0.29) is 17.4 Å². The zero-order valence-electron chi connectivity index (χ0n) is 15.7. The molecule has 1 fully saturated rings. The topological polar surface area (TPSA) is 55.3 Å². The number of carbonyl (C=O) groups is 1. The van der Waals surface area contributed by atoms with E-state index >= 15 is 0 Å². The van der Waals surface area contributed by atoms with Crippen molar-refractivity contribution in [1.82, 2.24) is 9.97 Å². The lowest BCUT2D eigenvalue weighted by atomic mass is 9.98. The monoisotopic (exact) mass is 395 g/mol. The molecule has 0 saturated heterocycles. The Bertz CT molecular complexity index is 787. The van der Waals surface area contributed by atoms with Gasteiger partial charge in [-0.25, -0.2) is 9.78 Å². The number of fused-ring (bicyclic) bond motifs is 1. The van der Waals surface area contributed by atoms with Gasteiger partial charge in [0.2, 0.25) is 5.28 Å². The first-order valence-corrected chi connectivity index (χ1v) is 10.6. The van der Waals surface area contributed by atoms with Gasteiger partial charge in [0.25, 0.3) is 0 Å². The number of unbranched alkanes of at least 4 members (excludes halogenated alkanes) is 1. The third-order valence-corrected chi connectivity index (χ3v) is 6.30. The van der Waals surface area contributed by atoms with Gasteiger partial charge in [-0.2, -0.15) is 4.98 Å². The maximum Gasteiger partial charge on any atom is 0.348 e. The third kappa shape index (κ3) is 4.12. The highest BCUT2D eigenvalue weighted by molar-refractivity contribution is 7.20. The van der Waals surface area contributed by atoms with Crippen LogP contribution in [0.15, 0.2) is 0 Å². The largest absolute Gasteiger partial charge is 0.458 e. The molecule has 1 saturated carbocycles. The first kappa shape index (κ1) is 19.4. The maximum atomic E-state index is 12.7. The molecule has 2 heterocycles. The maximum absolute atomic E-state index is 12.7. The van der Waals surface area contributed by atoms with Gasteiger partial charge >= 0.3 is 5.97 Å². The number of hydrogen-bond acceptors (Lipinski definition) is 6. The molecule has 3 rings (SSSR count). The highest BCUT2D eigenvalue weighted by atomic mass is 35.5. The van der Waals surface area contributed by atoms with E-state index in [9.17, 15) is 4.79 Å². The summed E-state index contributed by atoms with van der Waals surface area (Å²) in [6.07, 6.45) is 7.65. The van der Waals surface area contributed by atoms with Crippen LogP contribution in [0.4, 0.5) is 5.82 Å². The summed E-state index contributed by atoms with van der Waals surface area (Å²) in [6.45, 7) is 4.99. The Hall–Kier alpha value is -1.40. The lowest BCUT2D eigenvalue weighted by Crippen LogP contribution is -2.21. The molecule has 0 bridgehead atoms. The van der Waals surface area contributed by atoms with E-state index in [1.807, 2.05) is 14.0 Å². The van der Waals surface area contributed by atoms with Gasteiger partial charge in [-0.1, -0.05) is 19.8 Å². The predicted molar refractivity (Wildman–Crippen MR) is 108 cm³/mol. The van der Waals surface area contributed by atoms with Crippen LogP contribution in [0.3, 0.4) is 0 Å². The third-order valence-electron chi connectivity index (χ3n) is 4.96. The average molecular weight is 396 g/mol. The summed E-state index contributed by atoms with van der Waals surface area (Å²) in [4.78, 5) is 25.0. The van der Waals surface area contributed by atoms with E-state index < -0.39 is 0 Å².